The van der Waals surface area contributed by atoms with E-state index in [1.807, 2.05) is 49.4 Å². The summed E-state index contributed by atoms with van der Waals surface area (Å²) < 4.78 is 6.62. The first-order chi connectivity index (χ1) is 14.5. The third-order valence-electron chi connectivity index (χ3n) is 5.03. The van der Waals surface area contributed by atoms with Crippen LogP contribution < -0.4 is 9.64 Å². The first-order valence-electron chi connectivity index (χ1n) is 10.3. The van der Waals surface area contributed by atoms with Crippen LogP contribution in [0.5, 0.6) is 5.75 Å². The van der Waals surface area contributed by atoms with Gasteiger partial charge in [0.25, 0.3) is 0 Å². The minimum absolute atomic E-state index is 0. The zero-order valence-corrected chi connectivity index (χ0v) is 20.5. The fourth-order valence-corrected chi connectivity index (χ4v) is 4.51. The van der Waals surface area contributed by atoms with Gasteiger partial charge in [-0.15, -0.1) is 12.4 Å². The molecule has 0 unspecified atom stereocenters. The number of aromatic nitrogens is 1. The number of amides is 1. The zero-order valence-electron chi connectivity index (χ0n) is 18.1. The summed E-state index contributed by atoms with van der Waals surface area (Å²) in [4.78, 5) is 22.1. The maximum absolute atomic E-state index is 13.3. The molecule has 168 valence electrons. The quantitative estimate of drug-likeness (QED) is 0.373. The van der Waals surface area contributed by atoms with Gasteiger partial charge in [-0.05, 0) is 49.8 Å². The number of hydrogen-bond acceptors (Lipinski definition) is 5. The van der Waals surface area contributed by atoms with Crippen LogP contribution in [0.3, 0.4) is 0 Å². The Balaban J connectivity index is 0.00000341. The molecule has 0 aliphatic carbocycles. The molecule has 1 amide bonds. The van der Waals surface area contributed by atoms with Gasteiger partial charge in [-0.3, -0.25) is 9.69 Å². The Bertz CT molecular complexity index is 992. The molecule has 2 aromatic carbocycles. The highest BCUT2D eigenvalue weighted by Crippen LogP contribution is 2.32. The maximum Gasteiger partial charge on any atom is 0.233 e. The van der Waals surface area contributed by atoms with Crippen molar-refractivity contribution < 1.29 is 9.53 Å². The summed E-state index contributed by atoms with van der Waals surface area (Å²) in [6.45, 7) is 10.1. The second-order valence-electron chi connectivity index (χ2n) is 6.90. The fourth-order valence-electron chi connectivity index (χ4n) is 3.27. The molecule has 0 atom stereocenters. The Hall–Kier alpha value is -1.86. The van der Waals surface area contributed by atoms with Gasteiger partial charge < -0.3 is 9.64 Å². The van der Waals surface area contributed by atoms with Crippen LogP contribution in [0, 0.1) is 0 Å². The summed E-state index contributed by atoms with van der Waals surface area (Å²) in [6.07, 6.45) is 0.248. The standard InChI is InChI=1S/C23H28ClN3O2S.ClH/c1-4-26(5-2)13-14-27(22(28)15-17-9-7-8-10-19(17)24)23-25-20-12-11-18(29-6-3)16-21(20)30-23;/h7-12,16H,4-6,13-15H2,1-3H3;1H. The number of hydrogen-bond donors (Lipinski definition) is 0. The SMILES string of the molecule is CCOc1ccc2nc(N(CCN(CC)CC)C(=O)Cc3ccccc3Cl)sc2c1.Cl. The second-order valence-corrected chi connectivity index (χ2v) is 8.32. The van der Waals surface area contributed by atoms with Gasteiger partial charge in [0.15, 0.2) is 5.13 Å². The van der Waals surface area contributed by atoms with Crippen molar-refractivity contribution in [1.29, 1.82) is 0 Å². The number of halogens is 2. The van der Waals surface area contributed by atoms with Crippen molar-refractivity contribution in [2.75, 3.05) is 37.7 Å². The van der Waals surface area contributed by atoms with E-state index in [1.165, 1.54) is 11.3 Å². The number of thiazole rings is 1. The molecular weight excluding hydrogens is 453 g/mol. The second kappa shape index (κ2) is 12.2. The van der Waals surface area contributed by atoms with Crippen LogP contribution in [0.2, 0.25) is 5.02 Å². The van der Waals surface area contributed by atoms with Crippen LogP contribution in [0.4, 0.5) is 5.13 Å². The largest absolute Gasteiger partial charge is 0.494 e. The molecule has 3 aromatic rings. The van der Waals surface area contributed by atoms with Gasteiger partial charge in [-0.1, -0.05) is 55.0 Å². The van der Waals surface area contributed by atoms with Crippen LogP contribution in [0.1, 0.15) is 26.3 Å². The smallest absolute Gasteiger partial charge is 0.233 e. The molecule has 0 radical (unpaired) electrons. The number of nitrogens with zero attached hydrogens (tertiary/aromatic N) is 3. The number of fused-ring (bicyclic) bond motifs is 1. The van der Waals surface area contributed by atoms with Gasteiger partial charge >= 0.3 is 0 Å². The fraction of sp³-hybridized carbons (Fsp3) is 0.391. The van der Waals surface area contributed by atoms with E-state index in [-0.39, 0.29) is 24.7 Å². The van der Waals surface area contributed by atoms with Crippen LogP contribution >= 0.6 is 35.3 Å². The van der Waals surface area contributed by atoms with Gasteiger partial charge in [0.2, 0.25) is 5.91 Å². The lowest BCUT2D eigenvalue weighted by molar-refractivity contribution is -0.118. The summed E-state index contributed by atoms with van der Waals surface area (Å²) in [5, 5.41) is 1.32. The Morgan fingerprint density at radius 2 is 1.84 bits per heavy atom. The van der Waals surface area contributed by atoms with E-state index in [1.54, 1.807) is 4.90 Å². The monoisotopic (exact) mass is 481 g/mol. The molecule has 5 nitrogen and oxygen atoms in total. The van der Waals surface area contributed by atoms with E-state index in [0.717, 1.165) is 41.2 Å². The molecule has 1 heterocycles. The lowest BCUT2D eigenvalue weighted by Crippen LogP contribution is -2.39. The van der Waals surface area contributed by atoms with Gasteiger partial charge in [0.05, 0.1) is 23.2 Å². The Kier molecular flexibility index (Phi) is 10.0. The van der Waals surface area contributed by atoms with Crippen LogP contribution in [-0.4, -0.2) is 48.6 Å². The van der Waals surface area contributed by atoms with Crippen molar-refractivity contribution in [3.63, 3.8) is 0 Å². The average Bonchev–Trinajstić information content (AvgIpc) is 3.16. The number of carbonyl (C=O) groups excluding carboxylic acids is 1. The van der Waals surface area contributed by atoms with Crippen molar-refractivity contribution in [2.45, 2.75) is 27.2 Å². The number of benzene rings is 2. The zero-order chi connectivity index (χ0) is 21.5. The first kappa shape index (κ1) is 25.4. The lowest BCUT2D eigenvalue weighted by atomic mass is 10.1. The molecule has 0 aliphatic rings. The van der Waals surface area contributed by atoms with Gasteiger partial charge in [-0.2, -0.15) is 0 Å². The minimum Gasteiger partial charge on any atom is -0.494 e. The van der Waals surface area contributed by atoms with E-state index in [2.05, 4.69) is 18.7 Å². The van der Waals surface area contributed by atoms with Crippen molar-refractivity contribution in [2.24, 2.45) is 0 Å². The molecule has 31 heavy (non-hydrogen) atoms. The van der Waals surface area contributed by atoms with Gasteiger partial charge in [0.1, 0.15) is 5.75 Å². The molecule has 1 aromatic heterocycles. The topological polar surface area (TPSA) is 45.7 Å². The highest BCUT2D eigenvalue weighted by Gasteiger charge is 2.21. The van der Waals surface area contributed by atoms with Gasteiger partial charge in [0, 0.05) is 18.1 Å². The molecule has 0 spiro atoms. The maximum atomic E-state index is 13.3. The van der Waals surface area contributed by atoms with E-state index in [9.17, 15) is 4.79 Å². The Morgan fingerprint density at radius 3 is 2.52 bits per heavy atom. The minimum atomic E-state index is -0.000607. The van der Waals surface area contributed by atoms with Crippen LogP contribution in [-0.2, 0) is 11.2 Å². The summed E-state index contributed by atoms with van der Waals surface area (Å²) in [5.74, 6) is 0.816. The van der Waals surface area contributed by atoms with Crippen LogP contribution in [0.15, 0.2) is 42.5 Å². The van der Waals surface area contributed by atoms with E-state index in [4.69, 9.17) is 21.3 Å². The molecule has 8 heteroatoms. The van der Waals surface area contributed by atoms with E-state index >= 15 is 0 Å². The highest BCUT2D eigenvalue weighted by atomic mass is 35.5. The number of rotatable bonds is 10. The van der Waals surface area contributed by atoms with Gasteiger partial charge in [-0.25, -0.2) is 4.98 Å². The molecule has 0 bridgehead atoms. The summed E-state index contributed by atoms with van der Waals surface area (Å²) in [7, 11) is 0. The van der Waals surface area contributed by atoms with Crippen molar-refractivity contribution in [1.82, 2.24) is 9.88 Å². The lowest BCUT2D eigenvalue weighted by Gasteiger charge is -2.25. The van der Waals surface area contributed by atoms with Crippen LogP contribution in [0.25, 0.3) is 10.2 Å². The van der Waals surface area contributed by atoms with Crippen molar-refractivity contribution >= 4 is 56.6 Å². The molecular formula is C23H29Cl2N3O2S. The first-order valence-corrected chi connectivity index (χ1v) is 11.5. The predicted octanol–water partition coefficient (Wildman–Crippen LogP) is 5.69. The van der Waals surface area contributed by atoms with Crippen molar-refractivity contribution in [3.8, 4) is 5.75 Å². The summed E-state index contributed by atoms with van der Waals surface area (Å²) in [6, 6.07) is 13.3. The molecule has 0 saturated heterocycles. The molecule has 0 N–H and O–H groups in total. The number of ether oxygens (including phenoxy) is 1. The third kappa shape index (κ3) is 6.56. The van der Waals surface area contributed by atoms with E-state index in [0.29, 0.717) is 23.3 Å². The highest BCUT2D eigenvalue weighted by molar-refractivity contribution is 7.22. The molecule has 0 fully saturated rings. The number of carbonyl (C=O) groups is 1. The molecule has 3 rings (SSSR count). The number of anilines is 1. The van der Waals surface area contributed by atoms with E-state index < -0.39 is 0 Å². The number of likely N-dealkylation sites (N-methyl/N-ethyl adjacent to an activating group) is 1. The summed E-state index contributed by atoms with van der Waals surface area (Å²) >= 11 is 7.81. The molecule has 0 aliphatic heterocycles. The van der Waals surface area contributed by atoms with Crippen molar-refractivity contribution in [3.05, 3.63) is 53.1 Å². The third-order valence-corrected chi connectivity index (χ3v) is 6.44. The summed E-state index contributed by atoms with van der Waals surface area (Å²) in [5.41, 5.74) is 1.70. The molecule has 0 saturated carbocycles. The average molecular weight is 482 g/mol. The normalized spacial score (nSPS) is 10.9. The predicted molar refractivity (Wildman–Crippen MR) is 133 cm³/mol. The Morgan fingerprint density at radius 1 is 1.10 bits per heavy atom. The Labute approximate surface area is 199 Å².